The molecule has 27 heavy (non-hydrogen) atoms. The molecule has 0 spiro atoms. The number of rotatable bonds is 4. The topological polar surface area (TPSA) is 71.6 Å². The molecule has 0 aliphatic carbocycles. The van der Waals surface area contributed by atoms with Crippen molar-refractivity contribution in [1.82, 2.24) is 9.88 Å². The van der Waals surface area contributed by atoms with Crippen LogP contribution in [0.3, 0.4) is 0 Å². The van der Waals surface area contributed by atoms with Crippen molar-refractivity contribution in [3.05, 3.63) is 42.6 Å². The zero-order valence-corrected chi connectivity index (χ0v) is 17.0. The minimum absolute atomic E-state index is 0. The van der Waals surface area contributed by atoms with E-state index in [0.717, 1.165) is 41.7 Å². The highest BCUT2D eigenvalue weighted by molar-refractivity contribution is 5.88. The summed E-state index contributed by atoms with van der Waals surface area (Å²) >= 11 is 0. The number of hydrogen-bond donors (Lipinski definition) is 2. The molecule has 0 radical (unpaired) electrons. The first-order chi connectivity index (χ1) is 12.1. The number of aliphatic hydroxyl groups excluding tert-OH is 1. The lowest BCUT2D eigenvalue weighted by Crippen LogP contribution is -2.54. The Morgan fingerprint density at radius 2 is 2.19 bits per heavy atom. The Morgan fingerprint density at radius 3 is 2.81 bits per heavy atom. The molecule has 3 aliphatic heterocycles. The number of pyridine rings is 1. The van der Waals surface area contributed by atoms with Crippen molar-refractivity contribution >= 4 is 41.4 Å². The van der Waals surface area contributed by atoms with Crippen molar-refractivity contribution in [2.75, 3.05) is 25.9 Å². The van der Waals surface area contributed by atoms with Crippen LogP contribution in [0.4, 0.5) is 5.69 Å². The lowest BCUT2D eigenvalue weighted by molar-refractivity contribution is -0.0442. The maximum Gasteiger partial charge on any atom is 0.119 e. The molecule has 148 valence electrons. The van der Waals surface area contributed by atoms with Crippen LogP contribution in [-0.4, -0.2) is 41.2 Å². The highest BCUT2D eigenvalue weighted by Gasteiger charge is 2.42. The molecule has 0 amide bonds. The summed E-state index contributed by atoms with van der Waals surface area (Å²) in [6, 6.07) is 5.79. The van der Waals surface area contributed by atoms with Crippen molar-refractivity contribution in [3.63, 3.8) is 0 Å². The van der Waals surface area contributed by atoms with Crippen LogP contribution < -0.4 is 10.5 Å². The molecular weight excluding hydrogens is 385 g/mol. The number of nitrogens with two attached hydrogens (primary N) is 1. The first-order valence-electron chi connectivity index (χ1n) is 8.89. The average Bonchev–Trinajstić information content (AvgIpc) is 2.67. The standard InChI is InChI=1S/C20H25N3O2.2ClH/c1-3-12-11-23-7-6-13(12)8-18(23)20(24)19-15-9-14(25-2)4-5-17(15)22-10-16(19)21;;/h3-5,9-10,12-13,18,20,24H,1,6-8,11,21H2,2H3;2*1H/t12-,13?,18-,20-;;/m0../s1. The predicted molar refractivity (Wildman–Crippen MR) is 114 cm³/mol. The van der Waals surface area contributed by atoms with E-state index in [9.17, 15) is 5.11 Å². The number of methoxy groups -OCH3 is 1. The molecule has 7 heteroatoms. The fourth-order valence-corrected chi connectivity index (χ4v) is 4.56. The van der Waals surface area contributed by atoms with Gasteiger partial charge < -0.3 is 15.6 Å². The molecule has 3 aliphatic rings. The van der Waals surface area contributed by atoms with Gasteiger partial charge in [-0.05, 0) is 49.4 Å². The molecule has 2 unspecified atom stereocenters. The third-order valence-electron chi connectivity index (χ3n) is 5.96. The van der Waals surface area contributed by atoms with Crippen LogP contribution in [0.5, 0.6) is 5.75 Å². The van der Waals surface area contributed by atoms with Crippen LogP contribution in [0.2, 0.25) is 0 Å². The van der Waals surface area contributed by atoms with Gasteiger partial charge in [-0.25, -0.2) is 0 Å². The number of halogens is 2. The highest BCUT2D eigenvalue weighted by Crippen LogP contribution is 2.43. The second kappa shape index (κ2) is 8.65. The molecule has 0 saturated carbocycles. The van der Waals surface area contributed by atoms with Crippen LogP contribution in [0.15, 0.2) is 37.1 Å². The monoisotopic (exact) mass is 411 g/mol. The van der Waals surface area contributed by atoms with Gasteiger partial charge in [0.2, 0.25) is 0 Å². The smallest absolute Gasteiger partial charge is 0.119 e. The first kappa shape index (κ1) is 21.8. The van der Waals surface area contributed by atoms with E-state index in [1.54, 1.807) is 13.3 Å². The maximum atomic E-state index is 11.3. The first-order valence-corrected chi connectivity index (χ1v) is 8.89. The number of benzene rings is 1. The molecule has 2 aromatic rings. The number of aromatic nitrogens is 1. The Balaban J connectivity index is 0.00000131. The zero-order chi connectivity index (χ0) is 17.6. The molecule has 5 atom stereocenters. The third kappa shape index (κ3) is 3.74. The van der Waals surface area contributed by atoms with Gasteiger partial charge >= 0.3 is 0 Å². The number of fused-ring (bicyclic) bond motifs is 4. The SMILES string of the molecule is C=C[C@H]1CN2CCC1C[C@H]2[C@H](O)c1c(N)cnc2ccc(OC)cc12.Cl.Cl. The van der Waals surface area contributed by atoms with Gasteiger partial charge in [0.05, 0.1) is 30.6 Å². The number of nitrogens with zero attached hydrogens (tertiary/aromatic N) is 2. The number of nitrogen functional groups attached to an aromatic ring is 1. The number of piperidine rings is 3. The van der Waals surface area contributed by atoms with Gasteiger partial charge in [-0.2, -0.15) is 0 Å². The van der Waals surface area contributed by atoms with Gasteiger partial charge in [0.1, 0.15) is 5.75 Å². The number of aliphatic hydroxyl groups is 1. The lowest BCUT2D eigenvalue weighted by atomic mass is 9.73. The molecular formula is C20H27Cl2N3O2. The summed E-state index contributed by atoms with van der Waals surface area (Å²) in [5.41, 5.74) is 8.38. The molecule has 3 saturated heterocycles. The van der Waals surface area contributed by atoms with E-state index in [1.807, 2.05) is 18.2 Å². The van der Waals surface area contributed by atoms with Gasteiger partial charge in [0, 0.05) is 23.5 Å². The highest BCUT2D eigenvalue weighted by atomic mass is 35.5. The molecule has 1 aromatic carbocycles. The lowest BCUT2D eigenvalue weighted by Gasteiger charge is -2.50. The zero-order valence-electron chi connectivity index (χ0n) is 15.4. The molecule has 5 rings (SSSR count). The van der Waals surface area contributed by atoms with Crippen LogP contribution in [0, 0.1) is 11.8 Å². The normalized spacial score (nSPS) is 27.3. The van der Waals surface area contributed by atoms with Crippen molar-refractivity contribution in [3.8, 4) is 5.75 Å². The van der Waals surface area contributed by atoms with E-state index < -0.39 is 6.10 Å². The number of anilines is 1. The Morgan fingerprint density at radius 1 is 1.41 bits per heavy atom. The second-order valence-electron chi connectivity index (χ2n) is 7.20. The van der Waals surface area contributed by atoms with E-state index in [0.29, 0.717) is 17.5 Å². The van der Waals surface area contributed by atoms with Crippen molar-refractivity contribution in [1.29, 1.82) is 0 Å². The molecule has 2 bridgehead atoms. The van der Waals surface area contributed by atoms with Crippen LogP contribution in [0.25, 0.3) is 10.9 Å². The number of ether oxygens (including phenoxy) is 1. The Labute approximate surface area is 172 Å². The van der Waals surface area contributed by atoms with E-state index in [2.05, 4.69) is 22.5 Å². The second-order valence-corrected chi connectivity index (χ2v) is 7.20. The van der Waals surface area contributed by atoms with Crippen LogP contribution in [-0.2, 0) is 0 Å². The summed E-state index contributed by atoms with van der Waals surface area (Å²) in [6.07, 6.45) is 5.24. The summed E-state index contributed by atoms with van der Waals surface area (Å²) < 4.78 is 5.35. The predicted octanol–water partition coefficient (Wildman–Crippen LogP) is 3.60. The summed E-state index contributed by atoms with van der Waals surface area (Å²) in [5, 5.41) is 12.1. The Bertz CT molecular complexity index is 817. The van der Waals surface area contributed by atoms with Gasteiger partial charge in [0.15, 0.2) is 0 Å². The van der Waals surface area contributed by atoms with Gasteiger partial charge in [-0.15, -0.1) is 31.4 Å². The Hall–Kier alpha value is -1.53. The minimum atomic E-state index is -0.633. The summed E-state index contributed by atoms with van der Waals surface area (Å²) in [5.74, 6) is 1.88. The van der Waals surface area contributed by atoms with Gasteiger partial charge in [-0.1, -0.05) is 6.08 Å². The average molecular weight is 412 g/mol. The fourth-order valence-electron chi connectivity index (χ4n) is 4.56. The molecule has 5 nitrogen and oxygen atoms in total. The minimum Gasteiger partial charge on any atom is -0.497 e. The number of hydrogen-bond acceptors (Lipinski definition) is 5. The van der Waals surface area contributed by atoms with E-state index in [4.69, 9.17) is 10.5 Å². The van der Waals surface area contributed by atoms with Crippen LogP contribution in [0.1, 0.15) is 24.5 Å². The van der Waals surface area contributed by atoms with E-state index in [1.165, 1.54) is 6.42 Å². The summed E-state index contributed by atoms with van der Waals surface area (Å²) in [7, 11) is 1.64. The Kier molecular flexibility index (Phi) is 6.98. The van der Waals surface area contributed by atoms with Gasteiger partial charge in [-0.3, -0.25) is 9.88 Å². The van der Waals surface area contributed by atoms with E-state index >= 15 is 0 Å². The molecule has 1 aromatic heterocycles. The quantitative estimate of drug-likeness (QED) is 0.751. The van der Waals surface area contributed by atoms with Crippen molar-refractivity contribution < 1.29 is 9.84 Å². The molecule has 4 heterocycles. The molecule has 3 N–H and O–H groups in total. The summed E-state index contributed by atoms with van der Waals surface area (Å²) in [4.78, 5) is 6.79. The van der Waals surface area contributed by atoms with Crippen molar-refractivity contribution in [2.45, 2.75) is 25.0 Å². The maximum absolute atomic E-state index is 11.3. The van der Waals surface area contributed by atoms with Gasteiger partial charge in [0.25, 0.3) is 0 Å². The molecule has 3 fully saturated rings. The fraction of sp³-hybridized carbons (Fsp3) is 0.450. The van der Waals surface area contributed by atoms with E-state index in [-0.39, 0.29) is 30.9 Å². The third-order valence-corrected chi connectivity index (χ3v) is 5.96. The largest absolute Gasteiger partial charge is 0.497 e. The van der Waals surface area contributed by atoms with Crippen LogP contribution >= 0.6 is 24.8 Å². The van der Waals surface area contributed by atoms with Crippen molar-refractivity contribution in [2.24, 2.45) is 11.8 Å². The summed E-state index contributed by atoms with van der Waals surface area (Å²) in [6.45, 7) is 5.98.